The molecule has 1 N–H and O–H groups in total. The van der Waals surface area contributed by atoms with E-state index in [9.17, 15) is 4.79 Å². The smallest absolute Gasteiger partial charge is 0.248 e. The number of carbonyl (C=O) groups is 1. The van der Waals surface area contributed by atoms with E-state index in [1.807, 2.05) is 71.3 Å². The lowest BCUT2D eigenvalue weighted by Crippen LogP contribution is -2.07. The fourth-order valence-electron chi connectivity index (χ4n) is 2.69. The molecule has 26 heavy (non-hydrogen) atoms. The van der Waals surface area contributed by atoms with Crippen LogP contribution in [0.15, 0.2) is 85.3 Å². The number of nitrogens with one attached hydrogen (secondary N) is 1. The van der Waals surface area contributed by atoms with Gasteiger partial charge >= 0.3 is 0 Å². The number of anilines is 1. The van der Waals surface area contributed by atoms with Crippen molar-refractivity contribution in [3.05, 3.63) is 91.0 Å². The molecule has 0 aliphatic heterocycles. The molecule has 1 amide bonds. The SMILES string of the molecule is O=C(/C=C/c1ccccn1)Nc1ccc(-n2cnc3ccccc32)cc1. The van der Waals surface area contributed by atoms with Crippen LogP contribution in [0.1, 0.15) is 5.69 Å². The van der Waals surface area contributed by atoms with Crippen LogP contribution in [0.5, 0.6) is 0 Å². The van der Waals surface area contributed by atoms with Crippen molar-refractivity contribution in [1.29, 1.82) is 0 Å². The summed E-state index contributed by atoms with van der Waals surface area (Å²) in [5.74, 6) is -0.198. The average molecular weight is 340 g/mol. The Morgan fingerprint density at radius 1 is 0.923 bits per heavy atom. The quantitative estimate of drug-likeness (QED) is 0.570. The molecule has 4 rings (SSSR count). The summed E-state index contributed by atoms with van der Waals surface area (Å²) in [7, 11) is 0. The van der Waals surface area contributed by atoms with Crippen molar-refractivity contribution in [2.24, 2.45) is 0 Å². The number of hydrogen-bond acceptors (Lipinski definition) is 3. The molecule has 0 bridgehead atoms. The summed E-state index contributed by atoms with van der Waals surface area (Å²) in [6, 6.07) is 21.2. The largest absolute Gasteiger partial charge is 0.323 e. The van der Waals surface area contributed by atoms with Gasteiger partial charge in [-0.3, -0.25) is 14.3 Å². The van der Waals surface area contributed by atoms with Crippen LogP contribution in [0, 0.1) is 0 Å². The number of fused-ring (bicyclic) bond motifs is 1. The second-order valence-corrected chi connectivity index (χ2v) is 5.73. The van der Waals surface area contributed by atoms with Gasteiger partial charge in [0, 0.05) is 23.6 Å². The Morgan fingerprint density at radius 3 is 2.54 bits per heavy atom. The molecule has 5 heteroatoms. The van der Waals surface area contributed by atoms with Gasteiger partial charge in [-0.1, -0.05) is 18.2 Å². The number of carbonyl (C=O) groups excluding carboxylic acids is 1. The maximum Gasteiger partial charge on any atom is 0.248 e. The number of nitrogens with zero attached hydrogens (tertiary/aromatic N) is 3. The summed E-state index contributed by atoms with van der Waals surface area (Å²) >= 11 is 0. The van der Waals surface area contributed by atoms with Crippen molar-refractivity contribution in [1.82, 2.24) is 14.5 Å². The predicted molar refractivity (Wildman–Crippen MR) is 103 cm³/mol. The van der Waals surface area contributed by atoms with E-state index in [4.69, 9.17) is 0 Å². The Labute approximate surface area is 150 Å². The Balaban J connectivity index is 1.48. The highest BCUT2D eigenvalue weighted by Gasteiger charge is 2.04. The zero-order valence-corrected chi connectivity index (χ0v) is 13.9. The second kappa shape index (κ2) is 7.03. The Hall–Kier alpha value is -3.73. The van der Waals surface area contributed by atoms with Crippen LogP contribution in [0.3, 0.4) is 0 Å². The summed E-state index contributed by atoms with van der Waals surface area (Å²) < 4.78 is 2.02. The normalized spacial score (nSPS) is 11.1. The van der Waals surface area contributed by atoms with Crippen molar-refractivity contribution in [3.8, 4) is 5.69 Å². The maximum absolute atomic E-state index is 12.0. The molecule has 2 aromatic carbocycles. The molecule has 0 spiro atoms. The summed E-state index contributed by atoms with van der Waals surface area (Å²) in [5, 5.41) is 2.84. The Kier molecular flexibility index (Phi) is 4.26. The number of rotatable bonds is 4. The molecular formula is C21H16N4O. The third-order valence-electron chi connectivity index (χ3n) is 3.96. The van der Waals surface area contributed by atoms with E-state index < -0.39 is 0 Å². The number of hydrogen-bond donors (Lipinski definition) is 1. The molecule has 0 fully saturated rings. The standard InChI is InChI=1S/C21H16N4O/c26-21(13-10-16-5-3-4-14-22-16)24-17-8-11-18(12-9-17)25-15-23-19-6-1-2-7-20(19)25/h1-15H,(H,24,26)/b13-10+. The van der Waals surface area contributed by atoms with Gasteiger partial charge in [0.1, 0.15) is 6.33 Å². The fraction of sp³-hybridized carbons (Fsp3) is 0. The molecule has 5 nitrogen and oxygen atoms in total. The molecule has 0 radical (unpaired) electrons. The van der Waals surface area contributed by atoms with Crippen LogP contribution >= 0.6 is 0 Å². The Morgan fingerprint density at radius 2 is 1.73 bits per heavy atom. The van der Waals surface area contributed by atoms with Crippen LogP contribution in [0.2, 0.25) is 0 Å². The molecule has 0 saturated carbocycles. The highest BCUT2D eigenvalue weighted by atomic mass is 16.1. The average Bonchev–Trinajstić information content (AvgIpc) is 3.12. The molecule has 4 aromatic rings. The van der Waals surface area contributed by atoms with Gasteiger partial charge in [0.15, 0.2) is 0 Å². The summed E-state index contributed by atoms with van der Waals surface area (Å²) in [4.78, 5) is 20.6. The van der Waals surface area contributed by atoms with E-state index in [1.165, 1.54) is 6.08 Å². The number of para-hydroxylation sites is 2. The molecule has 0 aliphatic carbocycles. The van der Waals surface area contributed by atoms with Gasteiger partial charge in [-0.05, 0) is 54.6 Å². The molecule has 126 valence electrons. The van der Waals surface area contributed by atoms with Gasteiger partial charge in [-0.25, -0.2) is 4.98 Å². The third-order valence-corrected chi connectivity index (χ3v) is 3.96. The molecule has 0 saturated heterocycles. The maximum atomic E-state index is 12.0. The second-order valence-electron chi connectivity index (χ2n) is 5.73. The minimum absolute atomic E-state index is 0.198. The summed E-state index contributed by atoms with van der Waals surface area (Å²) in [6.07, 6.45) is 6.64. The van der Waals surface area contributed by atoms with Crippen LogP contribution in [0.4, 0.5) is 5.69 Å². The molecular weight excluding hydrogens is 324 g/mol. The molecule has 2 heterocycles. The minimum Gasteiger partial charge on any atom is -0.323 e. The van der Waals surface area contributed by atoms with E-state index in [2.05, 4.69) is 15.3 Å². The first-order valence-corrected chi connectivity index (χ1v) is 8.22. The number of pyridine rings is 1. The zero-order valence-electron chi connectivity index (χ0n) is 13.9. The van der Waals surface area contributed by atoms with Gasteiger partial charge in [0.2, 0.25) is 5.91 Å². The number of amides is 1. The van der Waals surface area contributed by atoms with Gasteiger partial charge < -0.3 is 5.32 Å². The first-order chi connectivity index (χ1) is 12.8. The monoisotopic (exact) mass is 340 g/mol. The molecule has 0 atom stereocenters. The third kappa shape index (κ3) is 3.37. The topological polar surface area (TPSA) is 59.8 Å². The van der Waals surface area contributed by atoms with Crippen LogP contribution < -0.4 is 5.32 Å². The van der Waals surface area contributed by atoms with E-state index in [0.29, 0.717) is 0 Å². The highest BCUT2D eigenvalue weighted by molar-refractivity contribution is 6.01. The van der Waals surface area contributed by atoms with Crippen molar-refractivity contribution in [2.75, 3.05) is 5.32 Å². The van der Waals surface area contributed by atoms with Gasteiger partial charge in [-0.15, -0.1) is 0 Å². The Bertz CT molecular complexity index is 1070. The van der Waals surface area contributed by atoms with E-state index >= 15 is 0 Å². The lowest BCUT2D eigenvalue weighted by Gasteiger charge is -2.06. The van der Waals surface area contributed by atoms with Crippen molar-refractivity contribution < 1.29 is 4.79 Å². The predicted octanol–water partition coefficient (Wildman–Crippen LogP) is 4.07. The lowest BCUT2D eigenvalue weighted by atomic mass is 10.2. The first kappa shape index (κ1) is 15.8. The van der Waals surface area contributed by atoms with Gasteiger partial charge in [-0.2, -0.15) is 0 Å². The van der Waals surface area contributed by atoms with Crippen LogP contribution in [-0.2, 0) is 4.79 Å². The van der Waals surface area contributed by atoms with Gasteiger partial charge in [0.25, 0.3) is 0 Å². The van der Waals surface area contributed by atoms with Crippen molar-refractivity contribution in [2.45, 2.75) is 0 Å². The number of aromatic nitrogens is 3. The van der Waals surface area contributed by atoms with Gasteiger partial charge in [0.05, 0.1) is 16.7 Å². The molecule has 2 aromatic heterocycles. The minimum atomic E-state index is -0.198. The molecule has 0 unspecified atom stereocenters. The fourth-order valence-corrected chi connectivity index (χ4v) is 2.69. The summed E-state index contributed by atoms with van der Waals surface area (Å²) in [6.45, 7) is 0. The summed E-state index contributed by atoms with van der Waals surface area (Å²) in [5.41, 5.74) is 4.45. The van der Waals surface area contributed by atoms with Crippen molar-refractivity contribution in [3.63, 3.8) is 0 Å². The first-order valence-electron chi connectivity index (χ1n) is 8.22. The lowest BCUT2D eigenvalue weighted by molar-refractivity contribution is -0.111. The van der Waals surface area contributed by atoms with Crippen LogP contribution in [-0.4, -0.2) is 20.4 Å². The number of imidazole rings is 1. The number of benzene rings is 2. The van der Waals surface area contributed by atoms with E-state index in [0.717, 1.165) is 28.1 Å². The molecule has 0 aliphatic rings. The zero-order chi connectivity index (χ0) is 17.8. The highest BCUT2D eigenvalue weighted by Crippen LogP contribution is 2.19. The van der Waals surface area contributed by atoms with Crippen LogP contribution in [0.25, 0.3) is 22.8 Å². The van der Waals surface area contributed by atoms with E-state index in [-0.39, 0.29) is 5.91 Å². The van der Waals surface area contributed by atoms with Crippen molar-refractivity contribution >= 4 is 28.7 Å². The van der Waals surface area contributed by atoms with E-state index in [1.54, 1.807) is 18.6 Å².